The topological polar surface area (TPSA) is 92.3 Å². The van der Waals surface area contributed by atoms with Gasteiger partial charge in [0.25, 0.3) is 0 Å². The molecular weight excluding hydrogens is 216 g/mol. The molecule has 0 saturated carbocycles. The van der Waals surface area contributed by atoms with Crippen molar-refractivity contribution in [2.45, 2.75) is 12.6 Å². The number of nitrogens with zero attached hydrogens (tertiary/aromatic N) is 4. The molecule has 0 aliphatic carbocycles. The van der Waals surface area contributed by atoms with E-state index in [-0.39, 0.29) is 12.1 Å². The molecule has 1 aromatic heterocycles. The Morgan fingerprint density at radius 2 is 2.62 bits per heavy atom. The van der Waals surface area contributed by atoms with Crippen LogP contribution in [0.5, 0.6) is 6.01 Å². The molecule has 2 heterocycles. The monoisotopic (exact) mass is 226 g/mol. The highest BCUT2D eigenvalue weighted by atomic mass is 16.6. The van der Waals surface area contributed by atoms with Gasteiger partial charge in [0.1, 0.15) is 12.6 Å². The third kappa shape index (κ3) is 2.01. The molecule has 2 rings (SSSR count). The first-order chi connectivity index (χ1) is 7.70. The van der Waals surface area contributed by atoms with Crippen LogP contribution in [0.1, 0.15) is 0 Å². The van der Waals surface area contributed by atoms with E-state index in [4.69, 9.17) is 9.47 Å². The Kier molecular flexibility index (Phi) is 2.82. The first kappa shape index (κ1) is 10.6. The summed E-state index contributed by atoms with van der Waals surface area (Å²) >= 11 is 0. The lowest BCUT2D eigenvalue weighted by Crippen LogP contribution is -2.22. The molecular formula is C8H10N4O4. The molecule has 0 spiro atoms. The zero-order valence-corrected chi connectivity index (χ0v) is 8.40. The Morgan fingerprint density at radius 1 is 1.81 bits per heavy atom. The van der Waals surface area contributed by atoms with Gasteiger partial charge in [0.2, 0.25) is 0 Å². The van der Waals surface area contributed by atoms with Crippen LogP contribution in [0.2, 0.25) is 0 Å². The minimum atomic E-state index is -0.655. The predicted octanol–water partition coefficient (Wildman–Crippen LogP) is 0.150. The fraction of sp³-hybridized carbons (Fsp3) is 0.500. The van der Waals surface area contributed by atoms with Crippen molar-refractivity contribution in [1.29, 1.82) is 0 Å². The summed E-state index contributed by atoms with van der Waals surface area (Å²) in [4.78, 5) is 13.3. The van der Waals surface area contributed by atoms with E-state index in [0.717, 1.165) is 0 Å². The van der Waals surface area contributed by atoms with Crippen LogP contribution in [0.3, 0.4) is 0 Å². The van der Waals surface area contributed by atoms with Crippen molar-refractivity contribution in [2.75, 3.05) is 13.2 Å². The van der Waals surface area contributed by atoms with Crippen LogP contribution < -0.4 is 4.74 Å². The van der Waals surface area contributed by atoms with E-state index in [9.17, 15) is 10.1 Å². The quantitative estimate of drug-likeness (QED) is 0.307. The summed E-state index contributed by atoms with van der Waals surface area (Å²) < 4.78 is 11.9. The number of nitro groups is 1. The number of ether oxygens (including phenoxy) is 2. The third-order valence-electron chi connectivity index (χ3n) is 1.98. The minimum absolute atomic E-state index is 0.166. The number of hydrogen-bond donors (Lipinski definition) is 0. The summed E-state index contributed by atoms with van der Waals surface area (Å²) in [5.74, 6) is -0.444. The lowest BCUT2D eigenvalue weighted by molar-refractivity contribution is -0.394. The van der Waals surface area contributed by atoms with Crippen molar-refractivity contribution in [3.8, 4) is 6.01 Å². The number of fused-ring (bicyclic) bond motifs is 1. The molecule has 0 saturated heterocycles. The van der Waals surface area contributed by atoms with Crippen LogP contribution in [0.25, 0.3) is 0 Å². The van der Waals surface area contributed by atoms with Gasteiger partial charge in [-0.25, -0.2) is 0 Å². The lowest BCUT2D eigenvalue weighted by atomic mass is 10.4. The van der Waals surface area contributed by atoms with Crippen LogP contribution in [0.15, 0.2) is 12.7 Å². The third-order valence-corrected chi connectivity index (χ3v) is 1.98. The Balaban J connectivity index is 1.92. The summed E-state index contributed by atoms with van der Waals surface area (Å²) in [5, 5.41) is 14.0. The molecule has 1 aliphatic rings. The standard InChI is InChI=1S/C8H10N4O4/c1-2-3-15-5-6-4-11-8(16-6)9-7(10-11)12(13)14/h2,6H,1,3-5H2. The summed E-state index contributed by atoms with van der Waals surface area (Å²) in [7, 11) is 0. The van der Waals surface area contributed by atoms with E-state index in [1.54, 1.807) is 6.08 Å². The molecule has 0 N–H and O–H groups in total. The summed E-state index contributed by atoms with van der Waals surface area (Å²) in [5.41, 5.74) is 0. The Morgan fingerprint density at radius 3 is 3.25 bits per heavy atom. The van der Waals surface area contributed by atoms with Crippen molar-refractivity contribution in [3.05, 3.63) is 22.8 Å². The largest absolute Gasteiger partial charge is 0.494 e. The molecule has 8 nitrogen and oxygen atoms in total. The van der Waals surface area contributed by atoms with Crippen molar-refractivity contribution < 1.29 is 14.4 Å². The second-order valence-electron chi connectivity index (χ2n) is 3.20. The lowest BCUT2D eigenvalue weighted by Gasteiger charge is -2.06. The highest BCUT2D eigenvalue weighted by molar-refractivity contribution is 5.11. The van der Waals surface area contributed by atoms with E-state index < -0.39 is 10.9 Å². The Labute approximate surface area is 90.6 Å². The molecule has 8 heteroatoms. The van der Waals surface area contributed by atoms with E-state index in [1.807, 2.05) is 0 Å². The van der Waals surface area contributed by atoms with Gasteiger partial charge in [-0.2, -0.15) is 0 Å². The zero-order chi connectivity index (χ0) is 11.5. The van der Waals surface area contributed by atoms with E-state index >= 15 is 0 Å². The number of aromatic nitrogens is 3. The van der Waals surface area contributed by atoms with Crippen LogP contribution in [0.4, 0.5) is 5.95 Å². The van der Waals surface area contributed by atoms with Gasteiger partial charge >= 0.3 is 12.0 Å². The first-order valence-corrected chi connectivity index (χ1v) is 4.65. The molecule has 0 bridgehead atoms. The normalized spacial score (nSPS) is 17.9. The summed E-state index contributed by atoms with van der Waals surface area (Å²) in [6.45, 7) is 4.74. The fourth-order valence-corrected chi connectivity index (χ4v) is 1.35. The molecule has 1 unspecified atom stereocenters. The zero-order valence-electron chi connectivity index (χ0n) is 8.40. The van der Waals surface area contributed by atoms with E-state index in [1.165, 1.54) is 4.68 Å². The molecule has 0 aromatic carbocycles. The Bertz CT molecular complexity index is 393. The maximum absolute atomic E-state index is 10.4. The van der Waals surface area contributed by atoms with Gasteiger partial charge in [-0.3, -0.25) is 0 Å². The SMILES string of the molecule is C=CCOCC1Cn2nc([N+](=O)[O-])nc2O1. The van der Waals surface area contributed by atoms with Gasteiger partial charge in [-0.1, -0.05) is 6.08 Å². The molecule has 1 aliphatic heterocycles. The number of rotatable bonds is 5. The number of hydrogen-bond acceptors (Lipinski definition) is 6. The smallest absolute Gasteiger partial charge is 0.443 e. The van der Waals surface area contributed by atoms with Gasteiger partial charge < -0.3 is 19.6 Å². The summed E-state index contributed by atoms with van der Waals surface area (Å²) in [6, 6.07) is 0.166. The average Bonchev–Trinajstić information content (AvgIpc) is 2.75. The van der Waals surface area contributed by atoms with Gasteiger partial charge in [-0.15, -0.1) is 11.3 Å². The van der Waals surface area contributed by atoms with Crippen LogP contribution >= 0.6 is 0 Å². The van der Waals surface area contributed by atoms with Crippen molar-refractivity contribution in [3.63, 3.8) is 0 Å². The van der Waals surface area contributed by atoms with Crippen molar-refractivity contribution >= 4 is 5.95 Å². The maximum atomic E-state index is 10.4. The second kappa shape index (κ2) is 4.27. The highest BCUT2D eigenvalue weighted by Crippen LogP contribution is 2.21. The fourth-order valence-electron chi connectivity index (χ4n) is 1.35. The molecule has 86 valence electrons. The van der Waals surface area contributed by atoms with Crippen molar-refractivity contribution in [2.24, 2.45) is 0 Å². The first-order valence-electron chi connectivity index (χ1n) is 4.65. The molecule has 1 aromatic rings. The van der Waals surface area contributed by atoms with E-state index in [2.05, 4.69) is 16.7 Å². The van der Waals surface area contributed by atoms with Crippen LogP contribution in [0, 0.1) is 10.1 Å². The minimum Gasteiger partial charge on any atom is -0.443 e. The molecule has 0 radical (unpaired) electrons. The average molecular weight is 226 g/mol. The molecule has 16 heavy (non-hydrogen) atoms. The van der Waals surface area contributed by atoms with Gasteiger partial charge in [0.15, 0.2) is 0 Å². The molecule has 0 amide bonds. The van der Waals surface area contributed by atoms with Crippen LogP contribution in [-0.2, 0) is 11.3 Å². The summed E-state index contributed by atoms with van der Waals surface area (Å²) in [6.07, 6.45) is 1.44. The molecule has 1 atom stereocenters. The van der Waals surface area contributed by atoms with Gasteiger partial charge in [0, 0.05) is 5.10 Å². The molecule has 0 fully saturated rings. The van der Waals surface area contributed by atoms with Crippen molar-refractivity contribution in [1.82, 2.24) is 14.8 Å². The second-order valence-corrected chi connectivity index (χ2v) is 3.20. The predicted molar refractivity (Wildman–Crippen MR) is 52.1 cm³/mol. The highest BCUT2D eigenvalue weighted by Gasteiger charge is 2.33. The van der Waals surface area contributed by atoms with Gasteiger partial charge in [0.05, 0.1) is 13.2 Å². The maximum Gasteiger partial charge on any atom is 0.494 e. The van der Waals surface area contributed by atoms with E-state index in [0.29, 0.717) is 19.8 Å². The van der Waals surface area contributed by atoms with Gasteiger partial charge in [-0.05, 0) is 9.91 Å². The van der Waals surface area contributed by atoms with Crippen LogP contribution in [-0.4, -0.2) is 39.0 Å². The Hall–Kier alpha value is -1.96.